The van der Waals surface area contributed by atoms with E-state index >= 15 is 0 Å². The minimum Gasteiger partial charge on any atom is -0.228 e. The molecule has 0 aliphatic heterocycles. The Morgan fingerprint density at radius 2 is 1.27 bits per heavy atom. The summed E-state index contributed by atoms with van der Waals surface area (Å²) in [7, 11) is 0. The number of aryl methyl sites for hydroxylation is 1. The number of aromatic nitrogens is 2. The molecule has 2 heteroatoms. The molecule has 4 rings (SSSR count). The molecule has 4 aromatic rings. The standard InChI is InChI=1S/C29H26N2.C2H6/c1-4-12-22(5-2)27-20-28(24-15-10-7-11-16-24)31-29(30-27)26-18-21(3)17-25(19-26)23-13-8-6-9-14-23;1-2/h4-20H,1-3H3;1-2H3/b12-4-,22-5+;. The molecule has 1 aromatic heterocycles. The van der Waals surface area contributed by atoms with Crippen molar-refractivity contribution in [2.24, 2.45) is 0 Å². The van der Waals surface area contributed by atoms with Crippen molar-refractivity contribution in [1.29, 1.82) is 0 Å². The second kappa shape index (κ2) is 11.7. The van der Waals surface area contributed by atoms with E-state index in [1.54, 1.807) is 0 Å². The quantitative estimate of drug-likeness (QED) is 0.294. The number of hydrogen-bond donors (Lipinski definition) is 0. The first-order chi connectivity index (χ1) is 16.2. The van der Waals surface area contributed by atoms with Gasteiger partial charge in [0.15, 0.2) is 5.82 Å². The highest BCUT2D eigenvalue weighted by Crippen LogP contribution is 2.30. The summed E-state index contributed by atoms with van der Waals surface area (Å²) in [5, 5.41) is 0. The smallest absolute Gasteiger partial charge is 0.160 e. The zero-order valence-corrected chi connectivity index (χ0v) is 20.2. The lowest BCUT2D eigenvalue weighted by molar-refractivity contribution is 1.15. The molecule has 0 saturated heterocycles. The molecule has 0 unspecified atom stereocenters. The minimum atomic E-state index is 0.737. The van der Waals surface area contributed by atoms with E-state index in [-0.39, 0.29) is 0 Å². The Morgan fingerprint density at radius 3 is 1.88 bits per heavy atom. The van der Waals surface area contributed by atoms with Crippen LogP contribution in [0.5, 0.6) is 0 Å². The van der Waals surface area contributed by atoms with Gasteiger partial charge in [-0.15, -0.1) is 0 Å². The van der Waals surface area contributed by atoms with Gasteiger partial charge < -0.3 is 0 Å². The van der Waals surface area contributed by atoms with Crippen LogP contribution in [0, 0.1) is 6.92 Å². The van der Waals surface area contributed by atoms with E-state index in [9.17, 15) is 0 Å². The van der Waals surface area contributed by atoms with Crippen molar-refractivity contribution in [3.05, 3.63) is 114 Å². The Morgan fingerprint density at radius 1 is 0.667 bits per heavy atom. The largest absolute Gasteiger partial charge is 0.228 e. The van der Waals surface area contributed by atoms with E-state index < -0.39 is 0 Å². The predicted octanol–water partition coefficient (Wildman–Crippen LogP) is 8.79. The summed E-state index contributed by atoms with van der Waals surface area (Å²) in [5.41, 5.74) is 8.58. The van der Waals surface area contributed by atoms with Gasteiger partial charge in [0.05, 0.1) is 11.4 Å². The summed E-state index contributed by atoms with van der Waals surface area (Å²) in [6.45, 7) is 10.2. The molecule has 0 fully saturated rings. The Kier molecular flexibility index (Phi) is 8.49. The molecule has 0 radical (unpaired) electrons. The zero-order valence-electron chi connectivity index (χ0n) is 20.2. The van der Waals surface area contributed by atoms with Crippen LogP contribution >= 0.6 is 0 Å². The molecule has 3 aromatic carbocycles. The molecule has 0 bridgehead atoms. The molecule has 33 heavy (non-hydrogen) atoms. The maximum absolute atomic E-state index is 4.96. The fraction of sp³-hybridized carbons (Fsp3) is 0.161. The highest BCUT2D eigenvalue weighted by molar-refractivity contribution is 5.77. The van der Waals surface area contributed by atoms with Crippen LogP contribution in [0.1, 0.15) is 39.0 Å². The average molecular weight is 433 g/mol. The van der Waals surface area contributed by atoms with Gasteiger partial charge in [-0.25, -0.2) is 9.97 Å². The van der Waals surface area contributed by atoms with Gasteiger partial charge in [-0.05, 0) is 61.2 Å². The maximum Gasteiger partial charge on any atom is 0.160 e. The van der Waals surface area contributed by atoms with E-state index in [2.05, 4.69) is 79.7 Å². The van der Waals surface area contributed by atoms with E-state index in [0.717, 1.165) is 33.9 Å². The lowest BCUT2D eigenvalue weighted by Crippen LogP contribution is -1.98. The number of hydrogen-bond acceptors (Lipinski definition) is 2. The highest BCUT2D eigenvalue weighted by atomic mass is 14.9. The first-order valence-corrected chi connectivity index (χ1v) is 11.6. The maximum atomic E-state index is 4.96. The first kappa shape index (κ1) is 23.9. The molecular weight excluding hydrogens is 400 g/mol. The molecule has 0 N–H and O–H groups in total. The van der Waals surface area contributed by atoms with Crippen molar-refractivity contribution in [2.45, 2.75) is 34.6 Å². The van der Waals surface area contributed by atoms with Gasteiger partial charge in [0.1, 0.15) is 0 Å². The molecule has 0 aliphatic rings. The number of rotatable bonds is 5. The van der Waals surface area contributed by atoms with Gasteiger partial charge in [0.25, 0.3) is 0 Å². The van der Waals surface area contributed by atoms with Crippen LogP contribution in [0.3, 0.4) is 0 Å². The molecule has 0 atom stereocenters. The van der Waals surface area contributed by atoms with Crippen LogP contribution in [-0.4, -0.2) is 9.97 Å². The normalized spacial score (nSPS) is 11.2. The predicted molar refractivity (Wildman–Crippen MR) is 143 cm³/mol. The fourth-order valence-corrected chi connectivity index (χ4v) is 3.70. The van der Waals surface area contributed by atoms with Gasteiger partial charge in [-0.1, -0.05) is 98.8 Å². The van der Waals surface area contributed by atoms with Crippen molar-refractivity contribution < 1.29 is 0 Å². The summed E-state index contributed by atoms with van der Waals surface area (Å²) in [4.78, 5) is 9.93. The van der Waals surface area contributed by atoms with Crippen LogP contribution in [0.15, 0.2) is 103 Å². The summed E-state index contributed by atoms with van der Waals surface area (Å²) in [5.74, 6) is 0.737. The second-order valence-corrected chi connectivity index (χ2v) is 7.53. The second-order valence-electron chi connectivity index (χ2n) is 7.53. The third kappa shape index (κ3) is 5.93. The Hall–Kier alpha value is -3.78. The molecular formula is C31H32N2. The lowest BCUT2D eigenvalue weighted by atomic mass is 9.99. The van der Waals surface area contributed by atoms with E-state index in [0.29, 0.717) is 0 Å². The molecule has 0 aliphatic carbocycles. The highest BCUT2D eigenvalue weighted by Gasteiger charge is 2.12. The molecule has 2 nitrogen and oxygen atoms in total. The van der Waals surface area contributed by atoms with Crippen LogP contribution in [0.4, 0.5) is 0 Å². The Bertz CT molecular complexity index is 1240. The van der Waals surface area contributed by atoms with Crippen molar-refractivity contribution in [3.8, 4) is 33.8 Å². The Labute approximate surface area is 198 Å². The molecule has 1 heterocycles. The summed E-state index contributed by atoms with van der Waals surface area (Å²) in [6.07, 6.45) is 6.22. The van der Waals surface area contributed by atoms with Crippen LogP contribution in [0.25, 0.3) is 39.3 Å². The van der Waals surface area contributed by atoms with E-state index in [1.165, 1.54) is 16.7 Å². The van der Waals surface area contributed by atoms with Gasteiger partial charge in [0.2, 0.25) is 0 Å². The SMILES string of the molecule is C/C=C\C(=C/C)c1cc(-c2ccccc2)nc(-c2cc(C)cc(-c3ccccc3)c2)n1.CC. The number of allylic oxidation sites excluding steroid dienone is 4. The van der Waals surface area contributed by atoms with Gasteiger partial charge in [-0.3, -0.25) is 0 Å². The molecule has 0 saturated carbocycles. The number of nitrogens with zero attached hydrogens (tertiary/aromatic N) is 2. The van der Waals surface area contributed by atoms with E-state index in [4.69, 9.17) is 9.97 Å². The van der Waals surface area contributed by atoms with Gasteiger partial charge >= 0.3 is 0 Å². The van der Waals surface area contributed by atoms with Crippen LogP contribution in [-0.2, 0) is 0 Å². The van der Waals surface area contributed by atoms with Crippen molar-refractivity contribution in [3.63, 3.8) is 0 Å². The monoisotopic (exact) mass is 432 g/mol. The zero-order chi connectivity index (χ0) is 23.6. The number of benzene rings is 3. The molecule has 166 valence electrons. The lowest BCUT2D eigenvalue weighted by Gasteiger charge is -2.12. The van der Waals surface area contributed by atoms with Gasteiger partial charge in [-0.2, -0.15) is 0 Å². The molecule has 0 amide bonds. The fourth-order valence-electron chi connectivity index (χ4n) is 3.70. The van der Waals surface area contributed by atoms with Crippen LogP contribution < -0.4 is 0 Å². The summed E-state index contributed by atoms with van der Waals surface area (Å²) in [6, 6.07) is 29.3. The van der Waals surface area contributed by atoms with Crippen molar-refractivity contribution in [2.75, 3.05) is 0 Å². The van der Waals surface area contributed by atoms with Crippen molar-refractivity contribution >= 4 is 5.57 Å². The first-order valence-electron chi connectivity index (χ1n) is 11.6. The Balaban J connectivity index is 0.00000149. The van der Waals surface area contributed by atoms with Crippen LogP contribution in [0.2, 0.25) is 0 Å². The third-order valence-electron chi connectivity index (χ3n) is 5.19. The minimum absolute atomic E-state index is 0.737. The summed E-state index contributed by atoms with van der Waals surface area (Å²) >= 11 is 0. The van der Waals surface area contributed by atoms with E-state index in [1.807, 2.05) is 58.0 Å². The average Bonchev–Trinajstić information content (AvgIpc) is 2.89. The summed E-state index contributed by atoms with van der Waals surface area (Å²) < 4.78 is 0. The topological polar surface area (TPSA) is 25.8 Å². The molecule has 0 spiro atoms. The van der Waals surface area contributed by atoms with Gasteiger partial charge in [0, 0.05) is 11.1 Å². The van der Waals surface area contributed by atoms with Crippen molar-refractivity contribution in [1.82, 2.24) is 9.97 Å². The third-order valence-corrected chi connectivity index (χ3v) is 5.19.